The van der Waals surface area contributed by atoms with E-state index >= 15 is 0 Å². The van der Waals surface area contributed by atoms with Gasteiger partial charge in [0.05, 0.1) is 13.2 Å². The second-order valence-electron chi connectivity index (χ2n) is 6.77. The summed E-state index contributed by atoms with van der Waals surface area (Å²) in [6, 6.07) is 4.86. The van der Waals surface area contributed by atoms with Gasteiger partial charge in [-0.3, -0.25) is 20.4 Å². The molecule has 0 fully saturated rings. The van der Waals surface area contributed by atoms with Crippen LogP contribution in [0.2, 0.25) is 0 Å². The van der Waals surface area contributed by atoms with Gasteiger partial charge < -0.3 is 9.47 Å². The number of hydrogen-bond donors (Lipinski definition) is 2. The Morgan fingerprint density at radius 2 is 1.78 bits per heavy atom. The van der Waals surface area contributed by atoms with Crippen LogP contribution in [-0.2, 0) is 4.79 Å². The van der Waals surface area contributed by atoms with E-state index in [-0.39, 0.29) is 17.4 Å². The third-order valence-corrected chi connectivity index (χ3v) is 2.79. The first-order chi connectivity index (χ1) is 10.6. The van der Waals surface area contributed by atoms with E-state index in [1.165, 1.54) is 7.11 Å². The van der Waals surface area contributed by atoms with Crippen LogP contribution in [-0.4, -0.2) is 25.0 Å². The first-order valence-electron chi connectivity index (χ1n) is 7.56. The Bertz CT molecular complexity index is 562. The van der Waals surface area contributed by atoms with Crippen molar-refractivity contribution in [2.75, 3.05) is 7.11 Å². The number of nitrogens with one attached hydrogen (secondary N) is 2. The molecule has 1 aromatic carbocycles. The Labute approximate surface area is 137 Å². The predicted molar refractivity (Wildman–Crippen MR) is 88.4 cm³/mol. The highest BCUT2D eigenvalue weighted by atomic mass is 16.5. The van der Waals surface area contributed by atoms with E-state index in [0.717, 1.165) is 0 Å². The van der Waals surface area contributed by atoms with Crippen molar-refractivity contribution in [1.29, 1.82) is 0 Å². The van der Waals surface area contributed by atoms with E-state index in [9.17, 15) is 9.59 Å². The minimum absolute atomic E-state index is 0.000243. The van der Waals surface area contributed by atoms with Crippen LogP contribution < -0.4 is 20.3 Å². The molecule has 0 unspecified atom stereocenters. The van der Waals surface area contributed by atoms with Gasteiger partial charge in [0.25, 0.3) is 5.91 Å². The molecule has 2 N–H and O–H groups in total. The minimum Gasteiger partial charge on any atom is -0.493 e. The van der Waals surface area contributed by atoms with Crippen LogP contribution >= 0.6 is 0 Å². The van der Waals surface area contributed by atoms with Gasteiger partial charge in [0.15, 0.2) is 11.5 Å². The van der Waals surface area contributed by atoms with Gasteiger partial charge in [0, 0.05) is 12.0 Å². The third kappa shape index (κ3) is 6.59. The molecule has 23 heavy (non-hydrogen) atoms. The fourth-order valence-electron chi connectivity index (χ4n) is 1.88. The number of benzene rings is 1. The fourth-order valence-corrected chi connectivity index (χ4v) is 1.88. The summed E-state index contributed by atoms with van der Waals surface area (Å²) in [6.45, 7) is 9.67. The number of methoxy groups -OCH3 is 1. The molecule has 0 spiro atoms. The maximum absolute atomic E-state index is 12.1. The van der Waals surface area contributed by atoms with Crippen molar-refractivity contribution in [3.63, 3.8) is 0 Å². The summed E-state index contributed by atoms with van der Waals surface area (Å²) in [5.74, 6) is 0.377. The third-order valence-electron chi connectivity index (χ3n) is 2.79. The Morgan fingerprint density at radius 3 is 2.30 bits per heavy atom. The van der Waals surface area contributed by atoms with Crippen molar-refractivity contribution < 1.29 is 19.1 Å². The van der Waals surface area contributed by atoms with Crippen LogP contribution in [0.3, 0.4) is 0 Å². The van der Waals surface area contributed by atoms with Crippen LogP contribution in [0.5, 0.6) is 11.5 Å². The number of ether oxygens (including phenoxy) is 2. The Balaban J connectivity index is 2.71. The van der Waals surface area contributed by atoms with Gasteiger partial charge in [0.2, 0.25) is 5.91 Å². The van der Waals surface area contributed by atoms with Crippen molar-refractivity contribution in [1.82, 2.24) is 10.9 Å². The van der Waals surface area contributed by atoms with Gasteiger partial charge in [-0.15, -0.1) is 0 Å². The van der Waals surface area contributed by atoms with E-state index in [2.05, 4.69) is 10.9 Å². The molecule has 2 amide bonds. The molecule has 0 bridgehead atoms. The van der Waals surface area contributed by atoms with Gasteiger partial charge >= 0.3 is 0 Å². The zero-order chi connectivity index (χ0) is 17.6. The van der Waals surface area contributed by atoms with E-state index in [1.807, 2.05) is 34.6 Å². The molecular formula is C17H26N2O4. The molecule has 0 saturated heterocycles. The summed E-state index contributed by atoms with van der Waals surface area (Å²) in [7, 11) is 1.51. The lowest BCUT2D eigenvalue weighted by Gasteiger charge is -2.17. The predicted octanol–water partition coefficient (Wildman–Crippen LogP) is 2.68. The summed E-state index contributed by atoms with van der Waals surface area (Å²) in [5, 5.41) is 0. The van der Waals surface area contributed by atoms with Crippen LogP contribution in [0, 0.1) is 5.41 Å². The van der Waals surface area contributed by atoms with Crippen LogP contribution in [0.15, 0.2) is 18.2 Å². The molecule has 6 nitrogen and oxygen atoms in total. The number of carbonyl (C=O) groups is 2. The summed E-state index contributed by atoms with van der Waals surface area (Å²) < 4.78 is 10.8. The van der Waals surface area contributed by atoms with Gasteiger partial charge in [-0.1, -0.05) is 20.8 Å². The highest BCUT2D eigenvalue weighted by Gasteiger charge is 2.17. The molecular weight excluding hydrogens is 296 g/mol. The first kappa shape index (κ1) is 18.8. The molecule has 6 heteroatoms. The van der Waals surface area contributed by atoms with Crippen molar-refractivity contribution in [3.8, 4) is 11.5 Å². The highest BCUT2D eigenvalue weighted by molar-refractivity contribution is 5.96. The Hall–Kier alpha value is -2.24. The highest BCUT2D eigenvalue weighted by Crippen LogP contribution is 2.28. The molecule has 0 aliphatic rings. The van der Waals surface area contributed by atoms with Gasteiger partial charge in [-0.05, 0) is 37.5 Å². The Morgan fingerprint density at radius 1 is 1.13 bits per heavy atom. The lowest BCUT2D eigenvalue weighted by Crippen LogP contribution is -2.42. The molecule has 0 aliphatic carbocycles. The molecule has 1 rings (SSSR count). The second kappa shape index (κ2) is 7.85. The van der Waals surface area contributed by atoms with Crippen molar-refractivity contribution in [2.24, 2.45) is 5.41 Å². The SMILES string of the molecule is COc1cc(C(=O)NNC(=O)CC(C)(C)C)ccc1OC(C)C. The smallest absolute Gasteiger partial charge is 0.269 e. The quantitative estimate of drug-likeness (QED) is 0.817. The van der Waals surface area contributed by atoms with E-state index < -0.39 is 5.91 Å². The topological polar surface area (TPSA) is 76.7 Å². The molecule has 0 saturated carbocycles. The number of rotatable bonds is 5. The lowest BCUT2D eigenvalue weighted by atomic mass is 9.92. The van der Waals surface area contributed by atoms with Crippen molar-refractivity contribution in [2.45, 2.75) is 47.1 Å². The molecule has 0 aliphatic heterocycles. The maximum Gasteiger partial charge on any atom is 0.269 e. The minimum atomic E-state index is -0.415. The lowest BCUT2D eigenvalue weighted by molar-refractivity contribution is -0.123. The maximum atomic E-state index is 12.1. The van der Waals surface area contributed by atoms with E-state index in [1.54, 1.807) is 18.2 Å². The number of amides is 2. The first-order valence-corrected chi connectivity index (χ1v) is 7.56. The zero-order valence-corrected chi connectivity index (χ0v) is 14.6. The summed E-state index contributed by atoms with van der Waals surface area (Å²) >= 11 is 0. The fraction of sp³-hybridized carbons (Fsp3) is 0.529. The molecule has 0 heterocycles. The number of hydrazine groups is 1. The molecule has 0 aromatic heterocycles. The van der Waals surface area contributed by atoms with Crippen LogP contribution in [0.1, 0.15) is 51.4 Å². The second-order valence-corrected chi connectivity index (χ2v) is 6.77. The molecule has 0 atom stereocenters. The average molecular weight is 322 g/mol. The summed E-state index contributed by atoms with van der Waals surface area (Å²) in [4.78, 5) is 23.8. The van der Waals surface area contributed by atoms with E-state index in [4.69, 9.17) is 9.47 Å². The number of carbonyl (C=O) groups excluding carboxylic acids is 2. The molecule has 1 aromatic rings. The van der Waals surface area contributed by atoms with Crippen LogP contribution in [0.4, 0.5) is 0 Å². The Kier molecular flexibility index (Phi) is 6.42. The number of hydrogen-bond acceptors (Lipinski definition) is 4. The largest absolute Gasteiger partial charge is 0.493 e. The van der Waals surface area contributed by atoms with Crippen LogP contribution in [0.25, 0.3) is 0 Å². The van der Waals surface area contributed by atoms with Crippen molar-refractivity contribution >= 4 is 11.8 Å². The standard InChI is InChI=1S/C17H26N2O4/c1-11(2)23-13-8-7-12(9-14(13)22-6)16(21)19-18-15(20)10-17(3,4)5/h7-9,11H,10H2,1-6H3,(H,18,20)(H,19,21). The average Bonchev–Trinajstić information content (AvgIpc) is 2.42. The van der Waals surface area contributed by atoms with E-state index in [0.29, 0.717) is 23.5 Å². The monoisotopic (exact) mass is 322 g/mol. The summed E-state index contributed by atoms with van der Waals surface area (Å²) in [5.41, 5.74) is 5.03. The molecule has 128 valence electrons. The van der Waals surface area contributed by atoms with Gasteiger partial charge in [0.1, 0.15) is 0 Å². The normalized spacial score (nSPS) is 11.1. The van der Waals surface area contributed by atoms with Gasteiger partial charge in [-0.2, -0.15) is 0 Å². The van der Waals surface area contributed by atoms with Crippen molar-refractivity contribution in [3.05, 3.63) is 23.8 Å². The summed E-state index contributed by atoms with van der Waals surface area (Å²) in [6.07, 6.45) is 0.317. The zero-order valence-electron chi connectivity index (χ0n) is 14.6. The van der Waals surface area contributed by atoms with Gasteiger partial charge in [-0.25, -0.2) is 0 Å². The molecule has 0 radical (unpaired) electrons.